The molecule has 0 N–H and O–H groups in total. The van der Waals surface area contributed by atoms with Crippen LogP contribution in [0.3, 0.4) is 0 Å². The van der Waals surface area contributed by atoms with E-state index >= 15 is 0 Å². The molecule has 2 atom stereocenters. The Labute approximate surface area is 122 Å². The lowest BCUT2D eigenvalue weighted by Gasteiger charge is -2.20. The highest BCUT2D eigenvalue weighted by molar-refractivity contribution is 5.39. The van der Waals surface area contributed by atoms with Crippen molar-refractivity contribution < 1.29 is 0 Å². The Morgan fingerprint density at radius 2 is 1.75 bits per heavy atom. The number of rotatable bonds is 3. The zero-order valence-corrected chi connectivity index (χ0v) is 12.6. The van der Waals surface area contributed by atoms with Gasteiger partial charge in [0, 0.05) is 6.04 Å². The van der Waals surface area contributed by atoms with E-state index in [1.807, 2.05) is 0 Å². The Bertz CT molecular complexity index is 600. The van der Waals surface area contributed by atoms with Gasteiger partial charge in [-0.05, 0) is 56.5 Å². The largest absolute Gasteiger partial charge is 0.302 e. The Hall–Kier alpha value is -1.60. The summed E-state index contributed by atoms with van der Waals surface area (Å²) in [6.45, 7) is 2.18. The van der Waals surface area contributed by atoms with Crippen LogP contribution >= 0.6 is 0 Å². The Morgan fingerprint density at radius 1 is 1.00 bits per heavy atom. The molecule has 0 saturated carbocycles. The number of hydrogen-bond donors (Lipinski definition) is 0. The van der Waals surface area contributed by atoms with Crippen LogP contribution in [0.15, 0.2) is 48.5 Å². The molecule has 0 aromatic heterocycles. The summed E-state index contributed by atoms with van der Waals surface area (Å²) in [5.41, 5.74) is 5.89. The van der Waals surface area contributed by atoms with Crippen LogP contribution in [0.4, 0.5) is 0 Å². The predicted molar refractivity (Wildman–Crippen MR) is 85.1 cm³/mol. The Balaban J connectivity index is 1.88. The first-order valence-electron chi connectivity index (χ1n) is 7.46. The highest BCUT2D eigenvalue weighted by atomic mass is 15.1. The molecule has 1 nitrogen and oxygen atoms in total. The number of fused-ring (bicyclic) bond motifs is 1. The van der Waals surface area contributed by atoms with Gasteiger partial charge in [-0.3, -0.25) is 0 Å². The minimum Gasteiger partial charge on any atom is -0.302 e. The third-order valence-corrected chi connectivity index (χ3v) is 4.49. The normalized spacial score (nSPS) is 21.2. The van der Waals surface area contributed by atoms with Gasteiger partial charge in [-0.15, -0.1) is 0 Å². The first kappa shape index (κ1) is 13.4. The zero-order valence-electron chi connectivity index (χ0n) is 12.6. The van der Waals surface area contributed by atoms with Gasteiger partial charge in [0.15, 0.2) is 0 Å². The van der Waals surface area contributed by atoms with E-state index in [4.69, 9.17) is 0 Å². The summed E-state index contributed by atoms with van der Waals surface area (Å²) in [4.78, 5) is 2.36. The molecule has 0 unspecified atom stereocenters. The van der Waals surface area contributed by atoms with Crippen molar-refractivity contribution in [2.75, 3.05) is 14.1 Å². The number of hydrogen-bond acceptors (Lipinski definition) is 1. The zero-order chi connectivity index (χ0) is 14.1. The van der Waals surface area contributed by atoms with Gasteiger partial charge >= 0.3 is 0 Å². The molecule has 104 valence electrons. The molecule has 1 aliphatic carbocycles. The average Bonchev–Trinajstić information content (AvgIpc) is 2.78. The summed E-state index contributed by atoms with van der Waals surface area (Å²) in [5.74, 6) is 0.653. The quantitative estimate of drug-likeness (QED) is 0.798. The first-order chi connectivity index (χ1) is 9.65. The van der Waals surface area contributed by atoms with Crippen molar-refractivity contribution in [3.63, 3.8) is 0 Å². The molecule has 1 aliphatic rings. The third kappa shape index (κ3) is 2.51. The van der Waals surface area contributed by atoms with Gasteiger partial charge in [0.05, 0.1) is 0 Å². The third-order valence-electron chi connectivity index (χ3n) is 4.49. The smallest absolute Gasteiger partial charge is 0.0350 e. The molecule has 2 aromatic rings. The van der Waals surface area contributed by atoms with E-state index in [2.05, 4.69) is 74.4 Å². The molecular formula is C19H23N. The van der Waals surface area contributed by atoms with Crippen LogP contribution < -0.4 is 0 Å². The lowest BCUT2D eigenvalue weighted by Crippen LogP contribution is -2.17. The summed E-state index contributed by atoms with van der Waals surface area (Å²) in [5, 5.41) is 0. The second-order valence-corrected chi connectivity index (χ2v) is 6.23. The van der Waals surface area contributed by atoms with E-state index < -0.39 is 0 Å². The van der Waals surface area contributed by atoms with Gasteiger partial charge in [-0.2, -0.15) is 0 Å². The van der Waals surface area contributed by atoms with Gasteiger partial charge < -0.3 is 4.90 Å². The van der Waals surface area contributed by atoms with Crippen molar-refractivity contribution in [1.82, 2.24) is 4.90 Å². The van der Waals surface area contributed by atoms with Gasteiger partial charge in [-0.1, -0.05) is 54.1 Å². The van der Waals surface area contributed by atoms with Crippen LogP contribution in [0, 0.1) is 6.92 Å². The predicted octanol–water partition coefficient (Wildman–Crippen LogP) is 4.33. The lowest BCUT2D eigenvalue weighted by molar-refractivity contribution is 0.288. The number of aryl methyl sites for hydroxylation is 1. The lowest BCUT2D eigenvalue weighted by atomic mass is 9.93. The minimum atomic E-state index is 0.570. The maximum absolute atomic E-state index is 2.36. The Kier molecular flexibility index (Phi) is 3.62. The van der Waals surface area contributed by atoms with Gasteiger partial charge in [0.1, 0.15) is 0 Å². The van der Waals surface area contributed by atoms with Gasteiger partial charge in [0.25, 0.3) is 0 Å². The fraction of sp³-hybridized carbons (Fsp3) is 0.368. The molecule has 20 heavy (non-hydrogen) atoms. The summed E-state index contributed by atoms with van der Waals surface area (Å²) in [7, 11) is 4.38. The molecule has 0 saturated heterocycles. The molecule has 3 rings (SSSR count). The molecule has 0 fully saturated rings. The van der Waals surface area contributed by atoms with Crippen molar-refractivity contribution in [3.05, 3.63) is 70.8 Å². The van der Waals surface area contributed by atoms with Crippen LogP contribution in [0.1, 0.15) is 40.6 Å². The summed E-state index contributed by atoms with van der Waals surface area (Å²) in [6.07, 6.45) is 2.39. The van der Waals surface area contributed by atoms with Crippen LogP contribution in [-0.4, -0.2) is 19.0 Å². The van der Waals surface area contributed by atoms with Gasteiger partial charge in [-0.25, -0.2) is 0 Å². The standard InChI is InChI=1S/C19H23N/c1-14-7-6-8-15(11-14)12-16-13-19(20(2)3)18-10-5-4-9-17(16)18/h4-11,16,19H,12-13H2,1-3H3/t16-,19+/m1/s1. The monoisotopic (exact) mass is 265 g/mol. The van der Waals surface area contributed by atoms with E-state index in [-0.39, 0.29) is 0 Å². The summed E-state index contributed by atoms with van der Waals surface area (Å²) < 4.78 is 0. The average molecular weight is 265 g/mol. The van der Waals surface area contributed by atoms with Crippen LogP contribution in [-0.2, 0) is 6.42 Å². The highest BCUT2D eigenvalue weighted by Crippen LogP contribution is 2.43. The first-order valence-corrected chi connectivity index (χ1v) is 7.46. The molecule has 0 radical (unpaired) electrons. The fourth-order valence-electron chi connectivity index (χ4n) is 3.52. The minimum absolute atomic E-state index is 0.570. The van der Waals surface area contributed by atoms with E-state index in [1.54, 1.807) is 5.56 Å². The molecule has 2 aromatic carbocycles. The second-order valence-electron chi connectivity index (χ2n) is 6.23. The summed E-state index contributed by atoms with van der Waals surface area (Å²) in [6, 6.07) is 18.5. The Morgan fingerprint density at radius 3 is 2.45 bits per heavy atom. The van der Waals surface area contributed by atoms with Crippen molar-refractivity contribution in [3.8, 4) is 0 Å². The van der Waals surface area contributed by atoms with Gasteiger partial charge in [0.2, 0.25) is 0 Å². The topological polar surface area (TPSA) is 3.24 Å². The summed E-state index contributed by atoms with van der Waals surface area (Å²) >= 11 is 0. The van der Waals surface area contributed by atoms with Crippen molar-refractivity contribution in [2.45, 2.75) is 31.7 Å². The highest BCUT2D eigenvalue weighted by Gasteiger charge is 2.31. The molecule has 0 amide bonds. The number of benzene rings is 2. The second kappa shape index (κ2) is 5.41. The van der Waals surface area contributed by atoms with E-state index in [0.29, 0.717) is 12.0 Å². The molecule has 0 bridgehead atoms. The molecule has 0 spiro atoms. The molecule has 0 heterocycles. The maximum atomic E-state index is 2.36. The van der Waals surface area contributed by atoms with Crippen molar-refractivity contribution in [1.29, 1.82) is 0 Å². The van der Waals surface area contributed by atoms with E-state index in [9.17, 15) is 0 Å². The number of nitrogens with zero attached hydrogens (tertiary/aromatic N) is 1. The fourth-order valence-corrected chi connectivity index (χ4v) is 3.52. The van der Waals surface area contributed by atoms with E-state index in [1.165, 1.54) is 23.1 Å². The van der Waals surface area contributed by atoms with E-state index in [0.717, 1.165) is 6.42 Å². The van der Waals surface area contributed by atoms with Crippen molar-refractivity contribution >= 4 is 0 Å². The van der Waals surface area contributed by atoms with Crippen molar-refractivity contribution in [2.24, 2.45) is 0 Å². The molecule has 0 aliphatic heterocycles. The molecule has 1 heteroatoms. The maximum Gasteiger partial charge on any atom is 0.0350 e. The molecular weight excluding hydrogens is 242 g/mol. The SMILES string of the molecule is Cc1cccc(C[C@@H]2C[C@H](N(C)C)c3ccccc32)c1. The van der Waals surface area contributed by atoms with Crippen LogP contribution in [0.25, 0.3) is 0 Å². The van der Waals surface area contributed by atoms with Crippen LogP contribution in [0.2, 0.25) is 0 Å². The van der Waals surface area contributed by atoms with Crippen LogP contribution in [0.5, 0.6) is 0 Å².